The molecule has 1 amide bonds. The zero-order valence-corrected chi connectivity index (χ0v) is 15.2. The van der Waals surface area contributed by atoms with Crippen molar-refractivity contribution < 1.29 is 4.79 Å². The van der Waals surface area contributed by atoms with E-state index >= 15 is 0 Å². The molecule has 0 bridgehead atoms. The van der Waals surface area contributed by atoms with Gasteiger partial charge < -0.3 is 15.1 Å². The van der Waals surface area contributed by atoms with Crippen LogP contribution in [0.3, 0.4) is 0 Å². The summed E-state index contributed by atoms with van der Waals surface area (Å²) in [6.07, 6.45) is 5.82. The number of nitrogens with zero attached hydrogens (tertiary/aromatic N) is 3. The first-order chi connectivity index (χ1) is 12.3. The predicted molar refractivity (Wildman–Crippen MR) is 102 cm³/mol. The van der Waals surface area contributed by atoms with Crippen LogP contribution in [0.25, 0.3) is 0 Å². The molecule has 2 fully saturated rings. The normalized spacial score (nSPS) is 19.0. The van der Waals surface area contributed by atoms with Gasteiger partial charge in [-0.05, 0) is 43.5 Å². The molecule has 0 radical (unpaired) electrons. The van der Waals surface area contributed by atoms with Gasteiger partial charge in [0.25, 0.3) is 0 Å². The van der Waals surface area contributed by atoms with Crippen LogP contribution in [0.4, 0.5) is 11.4 Å². The monoisotopic (exact) mass is 356 g/mol. The third-order valence-electron chi connectivity index (χ3n) is 5.12. The summed E-state index contributed by atoms with van der Waals surface area (Å²) in [5.41, 5.74) is 2.29. The molecule has 0 aliphatic carbocycles. The molecule has 3 heterocycles. The Bertz CT molecular complexity index is 693. The molecule has 6 heteroatoms. The first-order valence-electron chi connectivity index (χ1n) is 9.07. The zero-order valence-electron chi connectivity index (χ0n) is 14.4. The molecule has 0 saturated carbocycles. The van der Waals surface area contributed by atoms with E-state index in [9.17, 15) is 4.79 Å². The van der Waals surface area contributed by atoms with E-state index in [1.807, 2.05) is 16.5 Å². The quantitative estimate of drug-likeness (QED) is 0.895. The molecule has 1 aromatic carbocycles. The highest BCUT2D eigenvalue weighted by atomic mass is 32.1. The second-order valence-electron chi connectivity index (χ2n) is 6.73. The number of anilines is 2. The van der Waals surface area contributed by atoms with Crippen LogP contribution in [-0.4, -0.2) is 36.6 Å². The number of carbonyl (C=O) groups is 1. The van der Waals surface area contributed by atoms with E-state index in [0.717, 1.165) is 56.1 Å². The molecule has 2 aliphatic heterocycles. The van der Waals surface area contributed by atoms with Crippen molar-refractivity contribution in [3.63, 3.8) is 0 Å². The Morgan fingerprint density at radius 3 is 2.52 bits per heavy atom. The van der Waals surface area contributed by atoms with Gasteiger partial charge in [-0.1, -0.05) is 0 Å². The molecule has 2 saturated heterocycles. The van der Waals surface area contributed by atoms with Crippen molar-refractivity contribution in [1.29, 1.82) is 0 Å². The Morgan fingerprint density at radius 2 is 1.88 bits per heavy atom. The van der Waals surface area contributed by atoms with Gasteiger partial charge in [0.2, 0.25) is 5.91 Å². The van der Waals surface area contributed by atoms with Gasteiger partial charge in [-0.2, -0.15) is 0 Å². The summed E-state index contributed by atoms with van der Waals surface area (Å²) in [6.45, 7) is 3.87. The maximum Gasteiger partial charge on any atom is 0.227 e. The van der Waals surface area contributed by atoms with Crippen molar-refractivity contribution in [2.75, 3.05) is 29.4 Å². The smallest absolute Gasteiger partial charge is 0.227 e. The standard InChI is InChI=1S/C19H24N4OS/c24-19-2-1-10-23(19)17-5-3-16(4-6-17)22-11-7-15(8-12-22)21-14-18-20-9-13-25-18/h3-6,9,13,15,21H,1-2,7-8,10-12,14H2. The topological polar surface area (TPSA) is 48.5 Å². The van der Waals surface area contributed by atoms with Crippen LogP contribution in [0.2, 0.25) is 0 Å². The number of hydrogen-bond acceptors (Lipinski definition) is 5. The molecule has 1 N–H and O–H groups in total. The summed E-state index contributed by atoms with van der Waals surface area (Å²) >= 11 is 1.71. The minimum absolute atomic E-state index is 0.250. The third kappa shape index (κ3) is 3.85. The summed E-state index contributed by atoms with van der Waals surface area (Å²) in [4.78, 5) is 20.5. The second-order valence-corrected chi connectivity index (χ2v) is 7.71. The third-order valence-corrected chi connectivity index (χ3v) is 5.90. The van der Waals surface area contributed by atoms with E-state index in [-0.39, 0.29) is 5.91 Å². The van der Waals surface area contributed by atoms with E-state index in [1.54, 1.807) is 11.3 Å². The summed E-state index contributed by atoms with van der Waals surface area (Å²) in [7, 11) is 0. The van der Waals surface area contributed by atoms with E-state index in [2.05, 4.69) is 39.5 Å². The van der Waals surface area contributed by atoms with Crippen molar-refractivity contribution in [3.05, 3.63) is 40.8 Å². The number of hydrogen-bond donors (Lipinski definition) is 1. The van der Waals surface area contributed by atoms with Gasteiger partial charge in [0.15, 0.2) is 0 Å². The van der Waals surface area contributed by atoms with Crippen molar-refractivity contribution in [3.8, 4) is 0 Å². The number of rotatable bonds is 5. The van der Waals surface area contributed by atoms with Gasteiger partial charge in [-0.3, -0.25) is 4.79 Å². The lowest BCUT2D eigenvalue weighted by atomic mass is 10.0. The molecule has 2 aromatic rings. The number of thiazole rings is 1. The Kier molecular flexibility index (Phi) is 4.99. The van der Waals surface area contributed by atoms with Gasteiger partial charge in [0, 0.05) is 61.6 Å². The molecule has 132 valence electrons. The molecule has 4 rings (SSSR count). The molecule has 0 unspecified atom stereocenters. The fraction of sp³-hybridized carbons (Fsp3) is 0.474. The van der Waals surface area contributed by atoms with Crippen LogP contribution in [0.15, 0.2) is 35.8 Å². The lowest BCUT2D eigenvalue weighted by molar-refractivity contribution is -0.117. The highest BCUT2D eigenvalue weighted by Crippen LogP contribution is 2.26. The first kappa shape index (κ1) is 16.5. The maximum absolute atomic E-state index is 11.8. The lowest BCUT2D eigenvalue weighted by Crippen LogP contribution is -2.42. The Labute approximate surface area is 152 Å². The lowest BCUT2D eigenvalue weighted by Gasteiger charge is -2.34. The Morgan fingerprint density at radius 1 is 1.12 bits per heavy atom. The Balaban J connectivity index is 1.29. The number of piperidine rings is 1. The fourth-order valence-electron chi connectivity index (χ4n) is 3.68. The van der Waals surface area contributed by atoms with Crippen LogP contribution in [0.5, 0.6) is 0 Å². The number of nitrogens with one attached hydrogen (secondary N) is 1. The minimum Gasteiger partial charge on any atom is -0.371 e. The number of aromatic nitrogens is 1. The van der Waals surface area contributed by atoms with Crippen molar-refractivity contribution >= 4 is 28.6 Å². The second kappa shape index (κ2) is 7.54. The summed E-state index contributed by atoms with van der Waals surface area (Å²) in [5, 5.41) is 6.81. The first-order valence-corrected chi connectivity index (χ1v) is 9.95. The van der Waals surface area contributed by atoms with E-state index in [1.165, 1.54) is 5.69 Å². The van der Waals surface area contributed by atoms with Gasteiger partial charge in [0.1, 0.15) is 5.01 Å². The van der Waals surface area contributed by atoms with Gasteiger partial charge >= 0.3 is 0 Å². The molecular formula is C19H24N4OS. The average Bonchev–Trinajstić information content (AvgIpc) is 3.32. The molecule has 0 atom stereocenters. The summed E-state index contributed by atoms with van der Waals surface area (Å²) in [5.74, 6) is 0.250. The molecule has 0 spiro atoms. The molecule has 1 aromatic heterocycles. The molecule has 25 heavy (non-hydrogen) atoms. The predicted octanol–water partition coefficient (Wildman–Crippen LogP) is 3.03. The average molecular weight is 356 g/mol. The van der Waals surface area contributed by atoms with E-state index in [0.29, 0.717) is 12.5 Å². The number of carbonyl (C=O) groups excluding carboxylic acids is 1. The van der Waals surface area contributed by atoms with Crippen LogP contribution >= 0.6 is 11.3 Å². The molecular weight excluding hydrogens is 332 g/mol. The van der Waals surface area contributed by atoms with Gasteiger partial charge in [0.05, 0.1) is 0 Å². The fourth-order valence-corrected chi connectivity index (χ4v) is 4.25. The van der Waals surface area contributed by atoms with Crippen LogP contribution in [-0.2, 0) is 11.3 Å². The largest absolute Gasteiger partial charge is 0.371 e. The molecule has 5 nitrogen and oxygen atoms in total. The van der Waals surface area contributed by atoms with E-state index < -0.39 is 0 Å². The Hall–Kier alpha value is -1.92. The number of amides is 1. The summed E-state index contributed by atoms with van der Waals surface area (Å²) < 4.78 is 0. The van der Waals surface area contributed by atoms with Gasteiger partial charge in [-0.15, -0.1) is 11.3 Å². The van der Waals surface area contributed by atoms with Crippen LogP contribution < -0.4 is 15.1 Å². The van der Waals surface area contributed by atoms with Crippen molar-refractivity contribution in [2.45, 2.75) is 38.3 Å². The maximum atomic E-state index is 11.8. The van der Waals surface area contributed by atoms with Crippen molar-refractivity contribution in [2.24, 2.45) is 0 Å². The van der Waals surface area contributed by atoms with Gasteiger partial charge in [-0.25, -0.2) is 4.98 Å². The van der Waals surface area contributed by atoms with Crippen LogP contribution in [0, 0.1) is 0 Å². The zero-order chi connectivity index (χ0) is 17.1. The minimum atomic E-state index is 0.250. The van der Waals surface area contributed by atoms with Crippen molar-refractivity contribution in [1.82, 2.24) is 10.3 Å². The van der Waals surface area contributed by atoms with Crippen LogP contribution in [0.1, 0.15) is 30.7 Å². The highest BCUT2D eigenvalue weighted by molar-refractivity contribution is 7.09. The highest BCUT2D eigenvalue weighted by Gasteiger charge is 2.22. The molecule has 2 aliphatic rings. The SMILES string of the molecule is O=C1CCCN1c1ccc(N2CCC(NCc3nccs3)CC2)cc1. The number of benzene rings is 1. The summed E-state index contributed by atoms with van der Waals surface area (Å²) in [6, 6.07) is 9.06. The van der Waals surface area contributed by atoms with E-state index in [4.69, 9.17) is 0 Å².